The van der Waals surface area contributed by atoms with E-state index in [0.717, 1.165) is 0 Å². The Balaban J connectivity index is 2.48. The van der Waals surface area contributed by atoms with Crippen LogP contribution in [0.3, 0.4) is 0 Å². The van der Waals surface area contributed by atoms with Crippen molar-refractivity contribution in [1.82, 2.24) is 41.7 Å². The Morgan fingerprint density at radius 2 is 1.09 bits per heavy atom. The number of urea groups is 1. The number of rotatable bonds is 32. The van der Waals surface area contributed by atoms with Crippen LogP contribution in [0.1, 0.15) is 57.8 Å². The molecule has 0 spiro atoms. The number of unbranched alkanes of at least 4 members (excludes halogenated alkanes) is 1. The summed E-state index contributed by atoms with van der Waals surface area (Å²) in [6, 6.07) is -3.92. The molecule has 0 bridgehead atoms. The molecule has 0 aromatic carbocycles. The molecular formula is C34H58N8O15. The van der Waals surface area contributed by atoms with Gasteiger partial charge in [0, 0.05) is 64.7 Å². The van der Waals surface area contributed by atoms with Crippen molar-refractivity contribution in [2.24, 2.45) is 11.8 Å². The molecule has 0 heterocycles. The van der Waals surface area contributed by atoms with Crippen molar-refractivity contribution < 1.29 is 73.8 Å². The Kier molecular flexibility index (Phi) is 24.8. The van der Waals surface area contributed by atoms with Crippen LogP contribution in [-0.2, 0) is 38.4 Å². The van der Waals surface area contributed by atoms with E-state index in [-0.39, 0.29) is 102 Å². The Hall–Kier alpha value is -5.13. The van der Waals surface area contributed by atoms with Crippen molar-refractivity contribution in [3.8, 4) is 0 Å². The highest BCUT2D eigenvalue weighted by Gasteiger charge is 2.27. The molecule has 12 N–H and O–H groups in total. The first kappa shape index (κ1) is 49.9. The van der Waals surface area contributed by atoms with E-state index in [2.05, 4.69) is 31.9 Å². The van der Waals surface area contributed by atoms with Gasteiger partial charge in [-0.15, -0.1) is 0 Å². The minimum Gasteiger partial charge on any atom is -0.481 e. The zero-order chi connectivity index (χ0) is 42.8. The van der Waals surface area contributed by atoms with E-state index in [9.17, 15) is 58.5 Å². The Bertz CT molecular complexity index is 1350. The molecule has 23 heteroatoms. The van der Waals surface area contributed by atoms with Gasteiger partial charge in [-0.2, -0.15) is 0 Å². The van der Waals surface area contributed by atoms with Gasteiger partial charge >= 0.3 is 41.8 Å². The lowest BCUT2D eigenvalue weighted by Gasteiger charge is -2.29. The number of nitrogens with one attached hydrogen (secondary N) is 6. The quantitative estimate of drug-likeness (QED) is 0.0307. The van der Waals surface area contributed by atoms with Gasteiger partial charge in [0.2, 0.25) is 11.8 Å². The molecule has 1 aliphatic carbocycles. The molecule has 1 saturated carbocycles. The molecule has 0 saturated heterocycles. The topological polar surface area (TPSA) is 354 Å². The highest BCUT2D eigenvalue weighted by Crippen LogP contribution is 2.28. The van der Waals surface area contributed by atoms with Crippen LogP contribution in [0.4, 0.5) is 4.79 Å². The fraction of sp³-hybridized carbons (Fsp3) is 0.735. The molecule has 4 amide bonds. The van der Waals surface area contributed by atoms with Crippen LogP contribution in [0.2, 0.25) is 0 Å². The number of nitrogens with zero attached hydrogens (tertiary/aromatic N) is 2. The van der Waals surface area contributed by atoms with Gasteiger partial charge in [0.05, 0.1) is 26.2 Å². The minimum atomic E-state index is -1.51. The number of carboxylic acids is 6. The molecule has 2 atom stereocenters. The maximum Gasteiger partial charge on any atom is 0.326 e. The predicted octanol–water partition coefficient (Wildman–Crippen LogP) is -2.70. The van der Waals surface area contributed by atoms with Gasteiger partial charge in [-0.05, 0) is 57.3 Å². The summed E-state index contributed by atoms with van der Waals surface area (Å²) in [6.45, 7) is 1.39. The monoisotopic (exact) mass is 818 g/mol. The number of hydrogen-bond acceptors (Lipinski definition) is 13. The van der Waals surface area contributed by atoms with E-state index >= 15 is 0 Å². The second-order valence-corrected chi connectivity index (χ2v) is 13.7. The van der Waals surface area contributed by atoms with E-state index in [4.69, 9.17) is 15.3 Å². The molecular weight excluding hydrogens is 760 g/mol. The van der Waals surface area contributed by atoms with Crippen molar-refractivity contribution in [3.63, 3.8) is 0 Å². The largest absolute Gasteiger partial charge is 0.481 e. The number of carbonyl (C=O) groups is 9. The molecule has 23 nitrogen and oxygen atoms in total. The summed E-state index contributed by atoms with van der Waals surface area (Å²) in [5.41, 5.74) is 0. The zero-order valence-electron chi connectivity index (χ0n) is 31.9. The normalized spacial score (nSPS) is 16.2. The highest BCUT2D eigenvalue weighted by atomic mass is 16.4. The Morgan fingerprint density at radius 3 is 1.58 bits per heavy atom. The summed E-state index contributed by atoms with van der Waals surface area (Å²) in [5, 5.41) is 69.8. The molecule has 1 rings (SSSR count). The molecule has 0 aliphatic heterocycles. The van der Waals surface area contributed by atoms with Crippen molar-refractivity contribution in [3.05, 3.63) is 0 Å². The minimum absolute atomic E-state index is 0.00124. The SMILES string of the molecule is O=C(O)CCC(NC(=O)NC(CCCCNC(=O)C1CCC(CNC(=O)CN(CCNCC(=O)O)CCN(CCNCC(=O)O)CC(=O)O)CC1)C(=O)O)C(=O)O. The van der Waals surface area contributed by atoms with Gasteiger partial charge < -0.3 is 62.5 Å². The van der Waals surface area contributed by atoms with E-state index in [1.807, 2.05) is 0 Å². The zero-order valence-corrected chi connectivity index (χ0v) is 31.9. The molecule has 57 heavy (non-hydrogen) atoms. The van der Waals surface area contributed by atoms with E-state index in [0.29, 0.717) is 51.6 Å². The molecule has 0 aromatic rings. The van der Waals surface area contributed by atoms with Crippen LogP contribution in [0.25, 0.3) is 0 Å². The van der Waals surface area contributed by atoms with Crippen LogP contribution in [0.5, 0.6) is 0 Å². The van der Waals surface area contributed by atoms with Crippen molar-refractivity contribution in [2.75, 3.05) is 78.5 Å². The molecule has 1 aliphatic rings. The van der Waals surface area contributed by atoms with E-state index in [1.165, 1.54) is 0 Å². The van der Waals surface area contributed by atoms with Crippen LogP contribution < -0.4 is 31.9 Å². The highest BCUT2D eigenvalue weighted by molar-refractivity contribution is 5.86. The lowest BCUT2D eigenvalue weighted by atomic mass is 9.81. The van der Waals surface area contributed by atoms with Crippen molar-refractivity contribution >= 4 is 53.7 Å². The third-order valence-corrected chi connectivity index (χ3v) is 9.10. The first-order valence-electron chi connectivity index (χ1n) is 18.8. The van der Waals surface area contributed by atoms with Gasteiger partial charge in [-0.25, -0.2) is 14.4 Å². The Labute approximate surface area is 329 Å². The summed E-state index contributed by atoms with van der Waals surface area (Å²) in [4.78, 5) is 108. The summed E-state index contributed by atoms with van der Waals surface area (Å²) >= 11 is 0. The van der Waals surface area contributed by atoms with Gasteiger partial charge in [-0.1, -0.05) is 0 Å². The maximum atomic E-state index is 12.9. The lowest BCUT2D eigenvalue weighted by Crippen LogP contribution is -2.51. The molecule has 324 valence electrons. The number of carbonyl (C=O) groups excluding carboxylic acids is 3. The fourth-order valence-corrected chi connectivity index (χ4v) is 5.99. The maximum absolute atomic E-state index is 12.9. The summed E-state index contributed by atoms with van der Waals surface area (Å²) in [6.07, 6.45) is 2.40. The van der Waals surface area contributed by atoms with Crippen molar-refractivity contribution in [2.45, 2.75) is 69.9 Å². The summed E-state index contributed by atoms with van der Waals surface area (Å²) < 4.78 is 0. The third-order valence-electron chi connectivity index (χ3n) is 9.10. The van der Waals surface area contributed by atoms with Crippen LogP contribution in [0.15, 0.2) is 0 Å². The summed E-state index contributed by atoms with van der Waals surface area (Å²) in [7, 11) is 0. The lowest BCUT2D eigenvalue weighted by molar-refractivity contribution is -0.141. The van der Waals surface area contributed by atoms with E-state index in [1.54, 1.807) is 9.80 Å². The van der Waals surface area contributed by atoms with Gasteiger partial charge in [0.1, 0.15) is 12.1 Å². The Morgan fingerprint density at radius 1 is 0.561 bits per heavy atom. The standard InChI is InChI=1S/C34H58N8O15/c43-26(20-41(13-11-35-18-28(46)47)15-16-42(21-30(50)51)14-12-36-19-29(48)49)38-17-22-4-6-23(7-5-22)31(52)37-10-2-1-3-24(32(53)54)39-34(57)40-25(33(55)56)8-9-27(44)45/h22-25,35-36H,1-21H2,(H,37,52)(H,38,43)(H,44,45)(H,46,47)(H,48,49)(H,50,51)(H,53,54)(H,55,56)(H2,39,40,57). The first-order valence-corrected chi connectivity index (χ1v) is 18.8. The predicted molar refractivity (Wildman–Crippen MR) is 198 cm³/mol. The fourth-order valence-electron chi connectivity index (χ4n) is 5.99. The third kappa shape index (κ3) is 24.9. The van der Waals surface area contributed by atoms with Crippen molar-refractivity contribution in [1.29, 1.82) is 0 Å². The van der Waals surface area contributed by atoms with Crippen LogP contribution in [-0.4, -0.2) is 185 Å². The smallest absolute Gasteiger partial charge is 0.326 e. The number of amides is 4. The van der Waals surface area contributed by atoms with E-state index < -0.39 is 60.4 Å². The second kappa shape index (κ2) is 28.3. The average Bonchev–Trinajstić information content (AvgIpc) is 3.13. The number of carboxylic acid groups (broad SMARTS) is 6. The second-order valence-electron chi connectivity index (χ2n) is 13.7. The van der Waals surface area contributed by atoms with Gasteiger partial charge in [0.25, 0.3) is 0 Å². The molecule has 1 fully saturated rings. The summed E-state index contributed by atoms with van der Waals surface area (Å²) in [5.74, 6) is -7.74. The van der Waals surface area contributed by atoms with Gasteiger partial charge in [-0.3, -0.25) is 38.6 Å². The number of aliphatic carboxylic acids is 6. The van der Waals surface area contributed by atoms with Gasteiger partial charge in [0.15, 0.2) is 0 Å². The average molecular weight is 819 g/mol. The van der Waals surface area contributed by atoms with Crippen LogP contribution in [0, 0.1) is 11.8 Å². The molecule has 2 unspecified atom stereocenters. The molecule has 0 radical (unpaired) electrons. The first-order chi connectivity index (χ1) is 27.0. The number of hydrogen-bond donors (Lipinski definition) is 12. The molecule has 0 aromatic heterocycles. The van der Waals surface area contributed by atoms with Crippen LogP contribution >= 0.6 is 0 Å².